The van der Waals surface area contributed by atoms with Gasteiger partial charge < -0.3 is 20.9 Å². The Kier molecular flexibility index (Phi) is 6.48. The number of rotatable bonds is 7. The van der Waals surface area contributed by atoms with Crippen LogP contribution >= 0.6 is 11.6 Å². The van der Waals surface area contributed by atoms with Gasteiger partial charge in [-0.15, -0.1) is 0 Å². The monoisotopic (exact) mass is 449 g/mol. The Morgan fingerprint density at radius 1 is 1.10 bits per heavy atom. The highest BCUT2D eigenvalue weighted by molar-refractivity contribution is 7.92. The molecule has 2 aromatic carbocycles. The summed E-state index contributed by atoms with van der Waals surface area (Å²) in [6.07, 6.45) is 1.58. The molecule has 0 bridgehead atoms. The normalized spacial score (nSPS) is 11.1. The van der Waals surface area contributed by atoms with Gasteiger partial charge in [0.05, 0.1) is 27.7 Å². The molecule has 3 amide bonds. The Morgan fingerprint density at radius 2 is 1.87 bits per heavy atom. The van der Waals surface area contributed by atoms with E-state index in [2.05, 4.69) is 25.7 Å². The van der Waals surface area contributed by atoms with Crippen molar-refractivity contribution in [1.29, 1.82) is 0 Å². The van der Waals surface area contributed by atoms with Crippen LogP contribution in [-0.2, 0) is 14.8 Å². The van der Waals surface area contributed by atoms with Crippen LogP contribution < -0.4 is 20.7 Å². The van der Waals surface area contributed by atoms with Crippen LogP contribution in [0.5, 0.6) is 0 Å². The Bertz CT molecular complexity index is 1190. The summed E-state index contributed by atoms with van der Waals surface area (Å²) in [5.74, 6) is -0.327. The number of halogens is 1. The summed E-state index contributed by atoms with van der Waals surface area (Å²) in [4.78, 5) is 26.2. The lowest BCUT2D eigenvalue weighted by atomic mass is 10.2. The average Bonchev–Trinajstić information content (AvgIpc) is 3.09. The number of carbonyl (C=O) groups excluding carboxylic acids is 2. The number of nitrogens with one attached hydrogen (secondary N) is 5. The second-order valence-electron chi connectivity index (χ2n) is 6.26. The third kappa shape index (κ3) is 5.02. The smallest absolute Gasteiger partial charge is 0.319 e. The average molecular weight is 450 g/mol. The lowest BCUT2D eigenvalue weighted by molar-refractivity contribution is -0.119. The zero-order chi connectivity index (χ0) is 21.7. The van der Waals surface area contributed by atoms with Crippen molar-refractivity contribution >= 4 is 55.8 Å². The van der Waals surface area contributed by atoms with Crippen molar-refractivity contribution < 1.29 is 18.0 Å². The first-order valence-corrected chi connectivity index (χ1v) is 10.9. The highest BCUT2D eigenvalue weighted by Crippen LogP contribution is 2.30. The van der Waals surface area contributed by atoms with Crippen molar-refractivity contribution in [2.24, 2.45) is 0 Å². The zero-order valence-electron chi connectivity index (χ0n) is 16.0. The number of hydrogen-bond acceptors (Lipinski definition) is 4. The van der Waals surface area contributed by atoms with E-state index in [4.69, 9.17) is 11.6 Å². The number of likely N-dealkylation sites (N-methyl/N-ethyl adjacent to an activating group) is 1. The molecule has 9 nitrogen and oxygen atoms in total. The summed E-state index contributed by atoms with van der Waals surface area (Å²) in [6.45, 7) is 2.03. The molecule has 3 rings (SSSR count). The number of urea groups is 1. The van der Waals surface area contributed by atoms with E-state index < -0.39 is 16.1 Å². The van der Waals surface area contributed by atoms with E-state index in [-0.39, 0.29) is 23.0 Å². The number of fused-ring (bicyclic) bond motifs is 1. The molecule has 5 N–H and O–H groups in total. The standard InChI is InChI=1S/C19H20ClN5O4S/c1-2-21-17(26)11-23-19(27)24-12-5-3-6-13(9-12)30(28,29)25-16-8-4-7-14-15(20)10-22-18(14)16/h3-10,22,25H,2,11H2,1H3,(H,21,26)(H2,23,24,27). The molecule has 0 radical (unpaired) electrons. The predicted molar refractivity (Wildman–Crippen MR) is 116 cm³/mol. The topological polar surface area (TPSA) is 132 Å². The second-order valence-corrected chi connectivity index (χ2v) is 8.35. The number of benzene rings is 2. The second kappa shape index (κ2) is 9.06. The number of para-hydroxylation sites is 1. The summed E-state index contributed by atoms with van der Waals surface area (Å²) in [5.41, 5.74) is 1.16. The Hall–Kier alpha value is -3.24. The molecule has 11 heteroatoms. The van der Waals surface area contributed by atoms with Gasteiger partial charge in [0.1, 0.15) is 0 Å². The third-order valence-electron chi connectivity index (χ3n) is 4.09. The van der Waals surface area contributed by atoms with Gasteiger partial charge in [-0.2, -0.15) is 0 Å². The Balaban J connectivity index is 1.74. The molecule has 158 valence electrons. The molecule has 3 aromatic rings. The van der Waals surface area contributed by atoms with E-state index in [1.54, 1.807) is 31.3 Å². The summed E-state index contributed by atoms with van der Waals surface area (Å²) in [5, 5.41) is 8.62. The zero-order valence-corrected chi connectivity index (χ0v) is 17.5. The first-order valence-electron chi connectivity index (χ1n) is 9.00. The van der Waals surface area contributed by atoms with Crippen molar-refractivity contribution in [1.82, 2.24) is 15.6 Å². The number of sulfonamides is 1. The van der Waals surface area contributed by atoms with Gasteiger partial charge in [0.2, 0.25) is 5.91 Å². The third-order valence-corrected chi connectivity index (χ3v) is 5.77. The quantitative estimate of drug-likeness (QED) is 0.379. The van der Waals surface area contributed by atoms with Gasteiger partial charge in [-0.3, -0.25) is 9.52 Å². The van der Waals surface area contributed by atoms with Gasteiger partial charge >= 0.3 is 6.03 Å². The molecule has 0 fully saturated rings. The number of aromatic amines is 1. The van der Waals surface area contributed by atoms with Crippen LogP contribution in [0.3, 0.4) is 0 Å². The van der Waals surface area contributed by atoms with Crippen molar-refractivity contribution in [2.75, 3.05) is 23.1 Å². The lowest BCUT2D eigenvalue weighted by Crippen LogP contribution is -2.38. The molecule has 0 aliphatic carbocycles. The molecule has 30 heavy (non-hydrogen) atoms. The van der Waals surface area contributed by atoms with E-state index in [9.17, 15) is 18.0 Å². The van der Waals surface area contributed by atoms with Gasteiger partial charge in [-0.05, 0) is 31.2 Å². The van der Waals surface area contributed by atoms with Crippen molar-refractivity contribution in [3.05, 3.63) is 53.7 Å². The highest BCUT2D eigenvalue weighted by Gasteiger charge is 2.17. The van der Waals surface area contributed by atoms with E-state index in [0.717, 1.165) is 0 Å². The fourth-order valence-corrected chi connectivity index (χ4v) is 4.07. The molecule has 0 aliphatic heterocycles. The highest BCUT2D eigenvalue weighted by atomic mass is 35.5. The van der Waals surface area contributed by atoms with Crippen LogP contribution in [0.25, 0.3) is 10.9 Å². The molecular weight excluding hydrogens is 430 g/mol. The van der Waals surface area contributed by atoms with Crippen LogP contribution in [0.15, 0.2) is 53.6 Å². The number of hydrogen-bond donors (Lipinski definition) is 5. The number of anilines is 2. The largest absolute Gasteiger partial charge is 0.358 e. The first-order chi connectivity index (χ1) is 14.3. The maximum absolute atomic E-state index is 12.8. The molecule has 0 atom stereocenters. The van der Waals surface area contributed by atoms with E-state index >= 15 is 0 Å². The molecule has 0 unspecified atom stereocenters. The molecule has 0 aliphatic rings. The molecule has 1 aromatic heterocycles. The van der Waals surface area contributed by atoms with Crippen LogP contribution in [0.1, 0.15) is 6.92 Å². The van der Waals surface area contributed by atoms with Crippen molar-refractivity contribution in [3.63, 3.8) is 0 Å². The van der Waals surface area contributed by atoms with E-state index in [0.29, 0.717) is 28.2 Å². The maximum Gasteiger partial charge on any atom is 0.319 e. The van der Waals surface area contributed by atoms with Gasteiger partial charge in [-0.25, -0.2) is 13.2 Å². The predicted octanol–water partition coefficient (Wildman–Crippen LogP) is 2.88. The van der Waals surface area contributed by atoms with Gasteiger partial charge in [0, 0.05) is 23.8 Å². The fourth-order valence-electron chi connectivity index (χ4n) is 2.75. The Morgan fingerprint density at radius 3 is 2.63 bits per heavy atom. The molecule has 0 saturated carbocycles. The van der Waals surface area contributed by atoms with Crippen LogP contribution in [0, 0.1) is 0 Å². The maximum atomic E-state index is 12.8. The van der Waals surface area contributed by atoms with E-state index in [1.807, 2.05) is 0 Å². The van der Waals surface area contributed by atoms with Crippen LogP contribution in [0.4, 0.5) is 16.2 Å². The van der Waals surface area contributed by atoms with Gasteiger partial charge in [0.15, 0.2) is 0 Å². The number of carbonyl (C=O) groups is 2. The minimum atomic E-state index is -3.94. The lowest BCUT2D eigenvalue weighted by Gasteiger charge is -2.11. The number of aromatic nitrogens is 1. The molecular formula is C19H20ClN5O4S. The first kappa shape index (κ1) is 21.5. The molecule has 0 spiro atoms. The van der Waals surface area contributed by atoms with Gasteiger partial charge in [0.25, 0.3) is 10.0 Å². The van der Waals surface area contributed by atoms with Crippen molar-refractivity contribution in [3.8, 4) is 0 Å². The van der Waals surface area contributed by atoms with Crippen LogP contribution in [0.2, 0.25) is 5.02 Å². The van der Waals surface area contributed by atoms with Crippen LogP contribution in [-0.4, -0.2) is 38.4 Å². The number of H-pyrrole nitrogens is 1. The molecule has 1 heterocycles. The molecule has 0 saturated heterocycles. The minimum Gasteiger partial charge on any atom is -0.358 e. The summed E-state index contributed by atoms with van der Waals surface area (Å²) >= 11 is 6.09. The summed E-state index contributed by atoms with van der Waals surface area (Å²) in [7, 11) is -3.94. The summed E-state index contributed by atoms with van der Waals surface area (Å²) in [6, 6.07) is 10.2. The Labute approximate surface area is 178 Å². The minimum absolute atomic E-state index is 0.0429. The number of amides is 3. The fraction of sp³-hybridized carbons (Fsp3) is 0.158. The summed E-state index contributed by atoms with van der Waals surface area (Å²) < 4.78 is 28.2. The SMILES string of the molecule is CCNC(=O)CNC(=O)Nc1cccc(S(=O)(=O)Nc2cccc3c(Cl)c[nH]c23)c1. The van der Waals surface area contributed by atoms with Crippen molar-refractivity contribution in [2.45, 2.75) is 11.8 Å². The van der Waals surface area contributed by atoms with E-state index in [1.165, 1.54) is 24.3 Å². The van der Waals surface area contributed by atoms with Gasteiger partial charge in [-0.1, -0.05) is 29.8 Å².